The molecule has 25 heavy (non-hydrogen) atoms. The smallest absolute Gasteiger partial charge is 0.222 e. The lowest BCUT2D eigenvalue weighted by Gasteiger charge is -2.32. The van der Waals surface area contributed by atoms with Gasteiger partial charge in [0.1, 0.15) is 11.9 Å². The number of rotatable bonds is 5. The highest BCUT2D eigenvalue weighted by molar-refractivity contribution is 5.76. The molecule has 1 atom stereocenters. The molecule has 7 nitrogen and oxygen atoms in total. The van der Waals surface area contributed by atoms with E-state index in [-0.39, 0.29) is 12.0 Å². The van der Waals surface area contributed by atoms with Crippen LogP contribution in [0.2, 0.25) is 0 Å². The van der Waals surface area contributed by atoms with Crippen molar-refractivity contribution in [2.75, 3.05) is 19.7 Å². The number of aryl methyl sites for hydroxylation is 5. The second kappa shape index (κ2) is 7.39. The summed E-state index contributed by atoms with van der Waals surface area (Å²) >= 11 is 0. The number of nitrogens with zero attached hydrogens (tertiary/aromatic N) is 5. The van der Waals surface area contributed by atoms with Gasteiger partial charge in [-0.2, -0.15) is 5.10 Å². The van der Waals surface area contributed by atoms with Crippen LogP contribution in [0.4, 0.5) is 0 Å². The van der Waals surface area contributed by atoms with Crippen LogP contribution >= 0.6 is 0 Å². The normalized spacial score (nSPS) is 17.9. The van der Waals surface area contributed by atoms with Crippen molar-refractivity contribution >= 4 is 5.91 Å². The van der Waals surface area contributed by atoms with Gasteiger partial charge in [0.15, 0.2) is 0 Å². The van der Waals surface area contributed by atoms with E-state index in [9.17, 15) is 4.79 Å². The third-order valence-corrected chi connectivity index (χ3v) is 4.60. The van der Waals surface area contributed by atoms with Crippen LogP contribution in [-0.2, 0) is 23.1 Å². The van der Waals surface area contributed by atoms with Gasteiger partial charge in [-0.3, -0.25) is 9.48 Å². The lowest BCUT2D eigenvalue weighted by atomic mass is 10.2. The van der Waals surface area contributed by atoms with E-state index in [4.69, 9.17) is 4.74 Å². The highest BCUT2D eigenvalue weighted by Gasteiger charge is 2.27. The van der Waals surface area contributed by atoms with Crippen molar-refractivity contribution in [2.24, 2.45) is 7.05 Å². The molecule has 3 heterocycles. The lowest BCUT2D eigenvalue weighted by molar-refractivity contribution is -0.139. The molecule has 2 aromatic rings. The minimum atomic E-state index is -0.146. The number of ether oxygens (including phenoxy) is 1. The fourth-order valence-electron chi connectivity index (χ4n) is 3.41. The van der Waals surface area contributed by atoms with Gasteiger partial charge in [-0.1, -0.05) is 0 Å². The summed E-state index contributed by atoms with van der Waals surface area (Å²) in [5.74, 6) is 1.07. The first-order valence-electron chi connectivity index (χ1n) is 8.84. The van der Waals surface area contributed by atoms with Gasteiger partial charge in [-0.05, 0) is 33.3 Å². The summed E-state index contributed by atoms with van der Waals surface area (Å²) in [7, 11) is 1.97. The Morgan fingerprint density at radius 3 is 2.76 bits per heavy atom. The maximum absolute atomic E-state index is 12.6. The van der Waals surface area contributed by atoms with E-state index in [0.717, 1.165) is 35.9 Å². The molecule has 1 aliphatic heterocycles. The molecule has 0 aromatic carbocycles. The fraction of sp³-hybridized carbons (Fsp3) is 0.611. The first-order valence-corrected chi connectivity index (χ1v) is 8.84. The van der Waals surface area contributed by atoms with E-state index in [2.05, 4.69) is 16.1 Å². The summed E-state index contributed by atoms with van der Waals surface area (Å²) in [5, 5.41) is 4.44. The highest BCUT2D eigenvalue weighted by atomic mass is 16.5. The Balaban J connectivity index is 1.53. The van der Waals surface area contributed by atoms with Crippen LogP contribution in [-0.4, -0.2) is 49.8 Å². The molecular weight excluding hydrogens is 318 g/mol. The number of carbonyl (C=O) groups excluding carboxylic acids is 1. The van der Waals surface area contributed by atoms with Gasteiger partial charge in [-0.25, -0.2) is 4.98 Å². The summed E-state index contributed by atoms with van der Waals surface area (Å²) in [5.41, 5.74) is 3.13. The minimum absolute atomic E-state index is 0.146. The highest BCUT2D eigenvalue weighted by Crippen LogP contribution is 2.22. The molecule has 2 aromatic heterocycles. The molecule has 136 valence electrons. The Bertz CT molecular complexity index is 749. The molecule has 0 aliphatic carbocycles. The van der Waals surface area contributed by atoms with E-state index >= 15 is 0 Å². The summed E-state index contributed by atoms with van der Waals surface area (Å²) in [6, 6.07) is 2.06. The van der Waals surface area contributed by atoms with Crippen molar-refractivity contribution in [3.8, 4) is 0 Å². The number of aromatic nitrogens is 4. The molecule has 0 saturated carbocycles. The van der Waals surface area contributed by atoms with E-state index < -0.39 is 0 Å². The molecule has 1 saturated heterocycles. The molecule has 1 aliphatic rings. The maximum Gasteiger partial charge on any atom is 0.222 e. The van der Waals surface area contributed by atoms with Crippen molar-refractivity contribution in [2.45, 2.75) is 46.3 Å². The zero-order valence-corrected chi connectivity index (χ0v) is 15.5. The summed E-state index contributed by atoms with van der Waals surface area (Å²) in [6.45, 7) is 8.55. The maximum atomic E-state index is 12.6. The molecule has 1 fully saturated rings. The first-order chi connectivity index (χ1) is 11.9. The molecule has 0 unspecified atom stereocenters. The zero-order valence-electron chi connectivity index (χ0n) is 15.5. The van der Waals surface area contributed by atoms with Crippen LogP contribution in [0.15, 0.2) is 12.3 Å². The Morgan fingerprint density at radius 1 is 1.32 bits per heavy atom. The topological polar surface area (TPSA) is 65.2 Å². The standard InChI is InChI=1S/C18H27N5O2/c1-13-10-15(3)23(20-13)7-5-6-17(24)22-8-9-25-16(12-22)18-19-14(2)11-21(18)4/h10-11,16H,5-9,12H2,1-4H3/t16-/m0/s1. The number of amides is 1. The van der Waals surface area contributed by atoms with Crippen LogP contribution in [0.5, 0.6) is 0 Å². The predicted octanol–water partition coefficient (Wildman–Crippen LogP) is 1.92. The van der Waals surface area contributed by atoms with Gasteiger partial charge in [-0.15, -0.1) is 0 Å². The van der Waals surface area contributed by atoms with Crippen molar-refractivity contribution in [1.82, 2.24) is 24.2 Å². The number of morpholine rings is 1. The third-order valence-electron chi connectivity index (χ3n) is 4.60. The molecule has 1 amide bonds. The second-order valence-corrected chi connectivity index (χ2v) is 6.80. The van der Waals surface area contributed by atoms with Crippen LogP contribution in [0.25, 0.3) is 0 Å². The molecule has 0 spiro atoms. The monoisotopic (exact) mass is 345 g/mol. The fourth-order valence-corrected chi connectivity index (χ4v) is 3.41. The molecule has 7 heteroatoms. The summed E-state index contributed by atoms with van der Waals surface area (Å²) in [6.07, 6.45) is 3.16. The molecule has 0 N–H and O–H groups in total. The zero-order chi connectivity index (χ0) is 18.0. The summed E-state index contributed by atoms with van der Waals surface area (Å²) < 4.78 is 9.80. The molecular formula is C18H27N5O2. The van der Waals surface area contributed by atoms with Crippen LogP contribution in [0.1, 0.15) is 41.9 Å². The van der Waals surface area contributed by atoms with Crippen molar-refractivity contribution in [3.63, 3.8) is 0 Å². The molecule has 3 rings (SSSR count). The van der Waals surface area contributed by atoms with Gasteiger partial charge in [0.05, 0.1) is 24.5 Å². The van der Waals surface area contributed by atoms with Gasteiger partial charge in [0.2, 0.25) is 5.91 Å². The van der Waals surface area contributed by atoms with Crippen molar-refractivity contribution in [3.05, 3.63) is 35.2 Å². The second-order valence-electron chi connectivity index (χ2n) is 6.80. The van der Waals surface area contributed by atoms with Crippen LogP contribution < -0.4 is 0 Å². The van der Waals surface area contributed by atoms with E-state index in [1.807, 2.05) is 48.2 Å². The SMILES string of the molecule is Cc1cn(C)c([C@@H]2CN(C(=O)CCCn3nc(C)cc3C)CCO2)n1. The van der Waals surface area contributed by atoms with Crippen molar-refractivity contribution < 1.29 is 9.53 Å². The van der Waals surface area contributed by atoms with E-state index in [1.54, 1.807) is 0 Å². The molecule has 0 bridgehead atoms. The lowest BCUT2D eigenvalue weighted by Crippen LogP contribution is -2.42. The number of carbonyl (C=O) groups is 1. The van der Waals surface area contributed by atoms with Gasteiger partial charge >= 0.3 is 0 Å². The number of imidazole rings is 1. The first kappa shape index (κ1) is 17.7. The van der Waals surface area contributed by atoms with Crippen LogP contribution in [0.3, 0.4) is 0 Å². The Kier molecular flexibility index (Phi) is 5.22. The summed E-state index contributed by atoms with van der Waals surface area (Å²) in [4.78, 5) is 19.0. The van der Waals surface area contributed by atoms with Gasteiger partial charge in [0.25, 0.3) is 0 Å². The average Bonchev–Trinajstić information content (AvgIpc) is 3.08. The van der Waals surface area contributed by atoms with Crippen molar-refractivity contribution in [1.29, 1.82) is 0 Å². The Hall–Kier alpha value is -2.15. The Labute approximate surface area is 148 Å². The predicted molar refractivity (Wildman–Crippen MR) is 94.2 cm³/mol. The Morgan fingerprint density at radius 2 is 2.12 bits per heavy atom. The quantitative estimate of drug-likeness (QED) is 0.830. The minimum Gasteiger partial charge on any atom is -0.367 e. The van der Waals surface area contributed by atoms with E-state index in [1.165, 1.54) is 0 Å². The van der Waals surface area contributed by atoms with Crippen LogP contribution in [0, 0.1) is 20.8 Å². The van der Waals surface area contributed by atoms with Gasteiger partial charge in [0, 0.05) is 38.4 Å². The molecule has 0 radical (unpaired) electrons. The average molecular weight is 345 g/mol. The van der Waals surface area contributed by atoms with Gasteiger partial charge < -0.3 is 14.2 Å². The van der Waals surface area contributed by atoms with E-state index in [0.29, 0.717) is 26.1 Å². The third kappa shape index (κ3) is 4.10. The number of hydrogen-bond acceptors (Lipinski definition) is 4. The number of hydrogen-bond donors (Lipinski definition) is 0. The largest absolute Gasteiger partial charge is 0.367 e.